The van der Waals surface area contributed by atoms with E-state index >= 15 is 0 Å². The summed E-state index contributed by atoms with van der Waals surface area (Å²) in [5, 5.41) is 2.32. The zero-order valence-corrected chi connectivity index (χ0v) is 15.9. The molecule has 0 radical (unpaired) electrons. The fourth-order valence-electron chi connectivity index (χ4n) is 2.62. The number of anilines is 1. The minimum absolute atomic E-state index is 0.0513. The highest BCUT2D eigenvalue weighted by atomic mass is 32.2. The van der Waals surface area contributed by atoms with Crippen LogP contribution in [0.25, 0.3) is 0 Å². The normalized spacial score (nSPS) is 11.1. The Labute approximate surface area is 169 Å². The number of carbonyl (C=O) groups excluding carboxylic acids is 2. The molecule has 0 aliphatic rings. The smallest absolute Gasteiger partial charge is 0.321 e. The number of benzene rings is 3. The fraction of sp³-hybridized carbons (Fsp3) is 0.0909. The molecular weight excluding hydrogens is 399 g/mol. The largest absolute Gasteiger partial charge is 0.418 e. The molecule has 0 bridgehead atoms. The van der Waals surface area contributed by atoms with Gasteiger partial charge in [-0.25, -0.2) is 0 Å². The van der Waals surface area contributed by atoms with Crippen molar-refractivity contribution in [1.82, 2.24) is 0 Å². The second-order valence-corrected chi connectivity index (χ2v) is 7.15. The van der Waals surface area contributed by atoms with Crippen molar-refractivity contribution in [2.45, 2.75) is 11.1 Å². The number of thioether (sulfide) groups is 1. The Morgan fingerprint density at radius 1 is 0.828 bits per heavy atom. The molecule has 0 aliphatic heterocycles. The molecule has 0 fully saturated rings. The monoisotopic (exact) mass is 415 g/mol. The molecule has 1 amide bonds. The number of ketones is 1. The lowest BCUT2D eigenvalue weighted by Crippen LogP contribution is -2.16. The van der Waals surface area contributed by atoms with Gasteiger partial charge in [-0.1, -0.05) is 48.5 Å². The van der Waals surface area contributed by atoms with Gasteiger partial charge in [-0.15, -0.1) is 11.8 Å². The van der Waals surface area contributed by atoms with E-state index in [0.717, 1.165) is 6.07 Å². The van der Waals surface area contributed by atoms with E-state index in [1.54, 1.807) is 42.5 Å². The topological polar surface area (TPSA) is 46.2 Å². The number of nitrogens with one attached hydrogen (secondary N) is 1. The predicted molar refractivity (Wildman–Crippen MR) is 107 cm³/mol. The van der Waals surface area contributed by atoms with Crippen molar-refractivity contribution in [2.24, 2.45) is 0 Å². The van der Waals surface area contributed by atoms with E-state index in [4.69, 9.17) is 0 Å². The van der Waals surface area contributed by atoms with Gasteiger partial charge in [0.05, 0.1) is 17.0 Å². The molecule has 0 saturated carbocycles. The van der Waals surface area contributed by atoms with Gasteiger partial charge in [-0.2, -0.15) is 13.2 Å². The molecule has 1 N–H and O–H groups in total. The molecule has 0 heterocycles. The average Bonchev–Trinajstić information content (AvgIpc) is 2.72. The molecule has 3 nitrogen and oxygen atoms in total. The van der Waals surface area contributed by atoms with Crippen LogP contribution >= 0.6 is 11.8 Å². The summed E-state index contributed by atoms with van der Waals surface area (Å²) in [5.74, 6) is -0.519. The molecule has 0 saturated heterocycles. The van der Waals surface area contributed by atoms with E-state index in [0.29, 0.717) is 10.5 Å². The predicted octanol–water partition coefficient (Wildman–Crippen LogP) is 5.93. The third kappa shape index (κ3) is 5.48. The van der Waals surface area contributed by atoms with Crippen molar-refractivity contribution in [1.29, 1.82) is 0 Å². The van der Waals surface area contributed by atoms with Crippen molar-refractivity contribution in [2.75, 3.05) is 11.1 Å². The van der Waals surface area contributed by atoms with Crippen LogP contribution in [0.15, 0.2) is 83.8 Å². The van der Waals surface area contributed by atoms with Crippen LogP contribution in [0.1, 0.15) is 26.3 Å². The fourth-order valence-corrected chi connectivity index (χ4v) is 3.47. The van der Waals surface area contributed by atoms with Gasteiger partial charge < -0.3 is 5.32 Å². The lowest BCUT2D eigenvalue weighted by atomic mass is 10.1. The number of halogens is 3. The summed E-state index contributed by atoms with van der Waals surface area (Å²) in [5.41, 5.74) is -0.411. The second kappa shape index (κ2) is 8.96. The van der Waals surface area contributed by atoms with Crippen LogP contribution in [0.3, 0.4) is 0 Å². The lowest BCUT2D eigenvalue weighted by Gasteiger charge is -2.13. The van der Waals surface area contributed by atoms with Crippen LogP contribution in [-0.2, 0) is 6.18 Å². The Bertz CT molecular complexity index is 1020. The lowest BCUT2D eigenvalue weighted by molar-refractivity contribution is -0.136. The molecule has 0 spiro atoms. The van der Waals surface area contributed by atoms with E-state index in [1.807, 2.05) is 6.07 Å². The van der Waals surface area contributed by atoms with E-state index in [1.165, 1.54) is 36.0 Å². The van der Waals surface area contributed by atoms with Gasteiger partial charge in [0.15, 0.2) is 5.78 Å². The molecule has 0 aromatic heterocycles. The Hall–Kier alpha value is -3.06. The molecule has 148 valence electrons. The maximum Gasteiger partial charge on any atom is 0.418 e. The number of para-hydroxylation sites is 1. The van der Waals surface area contributed by atoms with Crippen LogP contribution < -0.4 is 5.32 Å². The van der Waals surface area contributed by atoms with Crippen LogP contribution in [0, 0.1) is 0 Å². The van der Waals surface area contributed by atoms with Crippen LogP contribution in [0.2, 0.25) is 0 Å². The molecule has 0 unspecified atom stereocenters. The Morgan fingerprint density at radius 2 is 1.48 bits per heavy atom. The summed E-state index contributed by atoms with van der Waals surface area (Å²) >= 11 is 1.26. The van der Waals surface area contributed by atoms with Gasteiger partial charge in [0.1, 0.15) is 0 Å². The first-order valence-corrected chi connectivity index (χ1v) is 9.62. The molecule has 3 aromatic rings. The van der Waals surface area contributed by atoms with Crippen molar-refractivity contribution in [3.8, 4) is 0 Å². The molecule has 0 atom stereocenters. The third-order valence-corrected chi connectivity index (χ3v) is 5.04. The first-order chi connectivity index (χ1) is 13.8. The number of Topliss-reactive ketones (excluding diaryl/α,β-unsaturated/α-hetero) is 1. The van der Waals surface area contributed by atoms with Gasteiger partial charge in [0.25, 0.3) is 5.91 Å². The van der Waals surface area contributed by atoms with Gasteiger partial charge in [0.2, 0.25) is 0 Å². The van der Waals surface area contributed by atoms with E-state index in [-0.39, 0.29) is 22.8 Å². The third-order valence-electron chi connectivity index (χ3n) is 4.04. The summed E-state index contributed by atoms with van der Waals surface area (Å²) in [7, 11) is 0. The van der Waals surface area contributed by atoms with E-state index in [9.17, 15) is 22.8 Å². The quantitative estimate of drug-likeness (QED) is 0.401. The van der Waals surface area contributed by atoms with Crippen molar-refractivity contribution in [3.05, 3.63) is 95.6 Å². The maximum atomic E-state index is 13.1. The highest BCUT2D eigenvalue weighted by molar-refractivity contribution is 8.00. The number of amides is 1. The number of alkyl halides is 3. The standard InChI is InChI=1S/C22H16F3NO2S/c23-22(24,25)18-11-4-5-12-19(18)26-21(28)16-9-6-10-17(13-16)29-14-20(27)15-7-2-1-3-8-15/h1-13H,14H2,(H,26,28). The summed E-state index contributed by atoms with van der Waals surface area (Å²) < 4.78 is 39.3. The Balaban J connectivity index is 1.70. The number of carbonyl (C=O) groups is 2. The first-order valence-electron chi connectivity index (χ1n) is 8.63. The maximum absolute atomic E-state index is 13.1. The number of hydrogen-bond donors (Lipinski definition) is 1. The molecule has 0 aliphatic carbocycles. The summed E-state index contributed by atoms with van der Waals surface area (Å²) in [4.78, 5) is 25.3. The van der Waals surface area contributed by atoms with Gasteiger partial charge >= 0.3 is 6.18 Å². The minimum Gasteiger partial charge on any atom is -0.321 e. The van der Waals surface area contributed by atoms with Crippen molar-refractivity contribution in [3.63, 3.8) is 0 Å². The molecular formula is C22H16F3NO2S. The molecule has 29 heavy (non-hydrogen) atoms. The first kappa shape index (κ1) is 20.7. The van der Waals surface area contributed by atoms with Crippen LogP contribution in [0.4, 0.5) is 18.9 Å². The number of hydrogen-bond acceptors (Lipinski definition) is 3. The minimum atomic E-state index is -4.57. The summed E-state index contributed by atoms with van der Waals surface area (Å²) in [6.07, 6.45) is -4.57. The highest BCUT2D eigenvalue weighted by Crippen LogP contribution is 2.34. The zero-order valence-electron chi connectivity index (χ0n) is 15.1. The average molecular weight is 415 g/mol. The zero-order chi connectivity index (χ0) is 20.9. The highest BCUT2D eigenvalue weighted by Gasteiger charge is 2.33. The second-order valence-electron chi connectivity index (χ2n) is 6.10. The summed E-state index contributed by atoms with van der Waals surface area (Å²) in [6.45, 7) is 0. The molecule has 7 heteroatoms. The van der Waals surface area contributed by atoms with Crippen molar-refractivity contribution >= 4 is 29.1 Å². The number of rotatable bonds is 6. The van der Waals surface area contributed by atoms with Gasteiger partial charge in [-0.3, -0.25) is 9.59 Å². The Kier molecular flexibility index (Phi) is 6.39. The SMILES string of the molecule is O=C(CSc1cccc(C(=O)Nc2ccccc2C(F)(F)F)c1)c1ccccc1. The van der Waals surface area contributed by atoms with Crippen LogP contribution in [-0.4, -0.2) is 17.4 Å². The summed E-state index contributed by atoms with van der Waals surface area (Å²) in [6, 6.07) is 20.1. The van der Waals surface area contributed by atoms with Crippen LogP contribution in [0.5, 0.6) is 0 Å². The van der Waals surface area contributed by atoms with Gasteiger partial charge in [0, 0.05) is 16.0 Å². The molecule has 3 rings (SSSR count). The molecule has 3 aromatic carbocycles. The van der Waals surface area contributed by atoms with Crippen molar-refractivity contribution < 1.29 is 22.8 Å². The van der Waals surface area contributed by atoms with Gasteiger partial charge in [-0.05, 0) is 30.3 Å². The van der Waals surface area contributed by atoms with E-state index < -0.39 is 17.6 Å². The van der Waals surface area contributed by atoms with E-state index in [2.05, 4.69) is 5.32 Å². The Morgan fingerprint density at radius 3 is 2.21 bits per heavy atom.